The van der Waals surface area contributed by atoms with E-state index in [2.05, 4.69) is 165 Å². The number of fused-ring (bicyclic) bond motifs is 3. The minimum Gasteiger partial charge on any atom is -0.285 e. The van der Waals surface area contributed by atoms with Gasteiger partial charge in [-0.1, -0.05) is 246 Å². The summed E-state index contributed by atoms with van der Waals surface area (Å²) in [6.07, 6.45) is 33.9. The Bertz CT molecular complexity index is 3510. The van der Waals surface area contributed by atoms with Gasteiger partial charge in [0.05, 0.1) is 53.3 Å². The summed E-state index contributed by atoms with van der Waals surface area (Å²) in [4.78, 5) is 151. The average molecular weight is 1440 g/mol. The Hall–Kier alpha value is -9.06. The van der Waals surface area contributed by atoms with Crippen molar-refractivity contribution in [3.63, 3.8) is 0 Å². The van der Waals surface area contributed by atoms with Gasteiger partial charge in [0.2, 0.25) is 70.9 Å². The minimum absolute atomic E-state index is 0.143. The van der Waals surface area contributed by atoms with Gasteiger partial charge in [-0.15, -0.1) is 0 Å². The Morgan fingerprint density at radius 2 is 0.581 bits per heavy atom. The largest absolute Gasteiger partial charge is 0.285 e. The van der Waals surface area contributed by atoms with E-state index in [4.69, 9.17) is 0 Å². The van der Waals surface area contributed by atoms with Crippen molar-refractivity contribution in [3.8, 4) is 11.1 Å². The van der Waals surface area contributed by atoms with Crippen LogP contribution < -0.4 is 0 Å². The summed E-state index contributed by atoms with van der Waals surface area (Å²) in [6, 6.07) is 25.7. The van der Waals surface area contributed by atoms with Gasteiger partial charge in [0.25, 0.3) is 0 Å². The molecule has 6 fully saturated rings. The summed E-state index contributed by atoms with van der Waals surface area (Å²) in [5.41, 5.74) is 10.4. The van der Waals surface area contributed by atoms with Crippen molar-refractivity contribution < 1.29 is 57.5 Å². The number of imide groups is 6. The number of hydrogen-bond acceptors (Lipinski definition) is 12. The fraction of sp³-hybridized carbons (Fsp3) is 0.517. The molecule has 0 N–H and O–H groups in total. The van der Waals surface area contributed by atoms with Crippen LogP contribution in [0.2, 0.25) is 0 Å². The molecule has 105 heavy (non-hydrogen) atoms. The lowest BCUT2D eigenvalue weighted by Gasteiger charge is -2.29. The molecule has 18 heteroatoms. The lowest BCUT2D eigenvalue weighted by molar-refractivity contribution is -0.140. The predicted molar refractivity (Wildman–Crippen MR) is 411 cm³/mol. The third kappa shape index (κ3) is 21.6. The van der Waals surface area contributed by atoms with E-state index in [0.717, 1.165) is 44.3 Å². The molecule has 0 saturated carbocycles. The van der Waals surface area contributed by atoms with Crippen molar-refractivity contribution in [2.75, 3.05) is 42.3 Å². The van der Waals surface area contributed by atoms with Crippen LogP contribution in [0.5, 0.6) is 0 Å². The van der Waals surface area contributed by atoms with Crippen LogP contribution in [-0.2, 0) is 57.5 Å². The molecule has 3 aliphatic carbocycles. The molecule has 566 valence electrons. The fourth-order valence-corrected chi connectivity index (χ4v) is 15.6. The maximum Gasteiger partial charge on any atom is 0.236 e. The summed E-state index contributed by atoms with van der Waals surface area (Å²) in [5, 5.41) is 0. The van der Waals surface area contributed by atoms with Crippen molar-refractivity contribution >= 4 is 70.9 Å². The van der Waals surface area contributed by atoms with Crippen molar-refractivity contribution in [2.45, 2.75) is 179 Å². The zero-order valence-electron chi connectivity index (χ0n) is 65.4. The van der Waals surface area contributed by atoms with Gasteiger partial charge in [0.15, 0.2) is 0 Å². The molecule has 12 amide bonds. The van der Waals surface area contributed by atoms with Crippen molar-refractivity contribution in [2.24, 2.45) is 71.0 Å². The highest BCUT2D eigenvalue weighted by molar-refractivity contribution is 6.09. The number of carbonyl (C=O) groups excluding carboxylic acids is 12. The van der Waals surface area contributed by atoms with Crippen molar-refractivity contribution in [3.05, 3.63) is 166 Å². The number of hydrogen-bond donors (Lipinski definition) is 0. The Labute approximate surface area is 624 Å². The molecule has 12 atom stereocenters. The van der Waals surface area contributed by atoms with E-state index >= 15 is 0 Å². The molecular formula is C87H116N6O12. The first-order valence-corrected chi connectivity index (χ1v) is 37.9. The Morgan fingerprint density at radius 1 is 0.314 bits per heavy atom. The summed E-state index contributed by atoms with van der Waals surface area (Å²) in [7, 11) is 8.98. The molecule has 0 radical (unpaired) electrons. The van der Waals surface area contributed by atoms with Crippen LogP contribution in [0.4, 0.5) is 0 Å². The maximum absolute atomic E-state index is 12.2. The zero-order valence-corrected chi connectivity index (χ0v) is 65.4. The Morgan fingerprint density at radius 3 is 0.810 bits per heavy atom. The van der Waals surface area contributed by atoms with Crippen LogP contribution in [0.25, 0.3) is 11.1 Å². The number of aryl methyl sites for hydroxylation is 4. The molecule has 6 saturated heterocycles. The third-order valence-corrected chi connectivity index (χ3v) is 21.9. The van der Waals surface area contributed by atoms with Gasteiger partial charge in [-0.05, 0) is 109 Å². The molecule has 6 aliphatic heterocycles. The fourth-order valence-electron chi connectivity index (χ4n) is 15.6. The molecule has 6 heterocycles. The number of nitrogens with zero attached hydrogens (tertiary/aromatic N) is 6. The second-order valence-corrected chi connectivity index (χ2v) is 29.8. The van der Waals surface area contributed by atoms with E-state index in [1.54, 1.807) is 0 Å². The molecular weight excluding hydrogens is 1320 g/mol. The Balaban J connectivity index is 0.000000198. The molecule has 3 aromatic carbocycles. The average Bonchev–Trinajstić information content (AvgIpc) is 1.63. The summed E-state index contributed by atoms with van der Waals surface area (Å²) in [5.74, 6) is -6.01. The number of carbonyl (C=O) groups is 12. The maximum atomic E-state index is 12.2. The quantitative estimate of drug-likeness (QED) is 0.0599. The number of likely N-dealkylation sites (tertiary alicyclic amines) is 6. The van der Waals surface area contributed by atoms with Crippen molar-refractivity contribution in [1.29, 1.82) is 0 Å². The van der Waals surface area contributed by atoms with E-state index < -0.39 is 17.8 Å². The van der Waals surface area contributed by atoms with Crippen LogP contribution in [0.15, 0.2) is 144 Å². The van der Waals surface area contributed by atoms with Gasteiger partial charge in [-0.25, -0.2) is 0 Å². The number of rotatable bonds is 15. The molecule has 12 rings (SSSR count). The first-order chi connectivity index (χ1) is 49.8. The Kier molecular flexibility index (Phi) is 32.2. The standard InChI is InChI=1S/3C15H18N2O4.C14H14.C10H22.C10H16.C8H10/c3*1-7-4-8(9-6-11(18)16(2)13(9)19)5-10-12(7)15(21)17(3)14(10)20;1-11-3-7-13(8-4-11)14-9-5-12(2)6-10-14;2*1-3-5-7-9-10-8-6-4-2;1-7-4-3-5-8(2)6-7/h3*4,8-10,12H,5-6H2,1-3H3;3-10H,1-2H3;3-10H2,1-2H3;5-10H,3-4H2,1-2H3;3-6H,1-2H3/b;;;;;7-5+,8-6+,10-9+;. The summed E-state index contributed by atoms with van der Waals surface area (Å²) in [6.45, 7) is 22.7. The van der Waals surface area contributed by atoms with Crippen LogP contribution in [0.3, 0.4) is 0 Å². The SMILES string of the molecule is CC/C=C/C=C/C=C/CC.CC1=CC(C2CC(=O)N(C)C2=O)CC2C(=O)N(C)C(=O)C12.CC1=CC(C2CC(=O)N(C)C2=O)CC2C(=O)N(C)C(=O)C12.CC1=CC(C2CC(=O)N(C)C2=O)CC2C(=O)N(C)C(=O)C12.CCCCCCCCCC.Cc1ccc(-c2ccc(C)cc2)cc1.Cc1cccc(C)c1. The highest BCUT2D eigenvalue weighted by Crippen LogP contribution is 2.47. The lowest BCUT2D eigenvalue weighted by atomic mass is 9.71. The molecule has 0 aromatic heterocycles. The third-order valence-electron chi connectivity index (χ3n) is 21.9. The van der Waals surface area contributed by atoms with Gasteiger partial charge in [0, 0.05) is 61.5 Å². The van der Waals surface area contributed by atoms with Crippen molar-refractivity contribution in [1.82, 2.24) is 29.4 Å². The van der Waals surface area contributed by atoms with Crippen LogP contribution >= 0.6 is 0 Å². The number of benzene rings is 3. The van der Waals surface area contributed by atoms with E-state index in [1.165, 1.54) is 142 Å². The zero-order chi connectivity index (χ0) is 77.7. The van der Waals surface area contributed by atoms with Gasteiger partial charge >= 0.3 is 0 Å². The molecule has 3 aromatic rings. The monoisotopic (exact) mass is 1440 g/mol. The first-order valence-electron chi connectivity index (χ1n) is 37.9. The van der Waals surface area contributed by atoms with Crippen LogP contribution in [0.1, 0.15) is 173 Å². The second kappa shape index (κ2) is 39.9. The molecule has 12 unspecified atom stereocenters. The van der Waals surface area contributed by atoms with E-state index in [1.807, 2.05) is 39.0 Å². The summed E-state index contributed by atoms with van der Waals surface area (Å²) >= 11 is 0. The van der Waals surface area contributed by atoms with Gasteiger partial charge in [-0.3, -0.25) is 86.9 Å². The first kappa shape index (κ1) is 84.9. The van der Waals surface area contributed by atoms with Crippen LogP contribution in [0, 0.1) is 98.7 Å². The number of allylic oxidation sites excluding steroid dienone is 9. The van der Waals surface area contributed by atoms with Gasteiger partial charge in [-0.2, -0.15) is 0 Å². The highest BCUT2D eigenvalue weighted by Gasteiger charge is 2.55. The number of unbranched alkanes of at least 4 members (excludes halogenated alkanes) is 7. The van der Waals surface area contributed by atoms with E-state index in [9.17, 15) is 57.5 Å². The predicted octanol–water partition coefficient (Wildman–Crippen LogP) is 14.5. The molecule has 0 bridgehead atoms. The lowest BCUT2D eigenvalue weighted by Crippen LogP contribution is -2.33. The smallest absolute Gasteiger partial charge is 0.236 e. The van der Waals surface area contributed by atoms with Gasteiger partial charge in [0.1, 0.15) is 0 Å². The van der Waals surface area contributed by atoms with Crippen LogP contribution in [-0.4, -0.2) is 143 Å². The number of amides is 12. The topological polar surface area (TPSA) is 224 Å². The second-order valence-electron chi connectivity index (χ2n) is 29.8. The molecule has 0 spiro atoms. The summed E-state index contributed by atoms with van der Waals surface area (Å²) < 4.78 is 0. The molecule has 9 aliphatic rings. The highest BCUT2D eigenvalue weighted by atomic mass is 16.2. The van der Waals surface area contributed by atoms with E-state index in [0.29, 0.717) is 19.3 Å². The normalized spacial score (nSPS) is 26.1. The minimum atomic E-state index is -0.396. The molecule has 18 nitrogen and oxygen atoms in total. The van der Waals surface area contributed by atoms with Gasteiger partial charge < -0.3 is 0 Å². The van der Waals surface area contributed by atoms with E-state index in [-0.39, 0.29) is 143 Å².